The SMILES string of the molecule is CN1CCN(C(=O)c2cn(CCN(C)C3C4CC5CC(C4)CC3C5)nn2)CC1. The number of amides is 1. The van der Waals surface area contributed by atoms with Gasteiger partial charge in [-0.15, -0.1) is 5.10 Å². The standard InChI is InChI=1S/C21H34N6O/c1-24-3-6-26(7-4-24)21(28)19-14-27(23-22-19)8-5-25(2)20-17-10-15-9-16(12-17)13-18(20)11-15/h14-18,20H,3-13H2,1-2H3. The predicted octanol–water partition coefficient (Wildman–Crippen LogP) is 1.42. The average Bonchev–Trinajstić information content (AvgIpc) is 3.14. The first-order chi connectivity index (χ1) is 13.6. The van der Waals surface area contributed by atoms with Gasteiger partial charge in [-0.2, -0.15) is 0 Å². The Balaban J connectivity index is 1.16. The third kappa shape index (κ3) is 3.47. The monoisotopic (exact) mass is 386 g/mol. The summed E-state index contributed by atoms with van der Waals surface area (Å²) in [7, 11) is 4.39. The van der Waals surface area contributed by atoms with E-state index in [4.69, 9.17) is 0 Å². The number of nitrogens with zero attached hydrogens (tertiary/aromatic N) is 6. The molecule has 4 saturated carbocycles. The number of rotatable bonds is 5. The Morgan fingerprint density at radius 3 is 2.36 bits per heavy atom. The number of carbonyl (C=O) groups is 1. The maximum absolute atomic E-state index is 12.7. The van der Waals surface area contributed by atoms with Crippen LogP contribution in [0.1, 0.15) is 42.6 Å². The number of likely N-dealkylation sites (N-methyl/N-ethyl adjacent to an activating group) is 2. The van der Waals surface area contributed by atoms with Gasteiger partial charge in [0.05, 0.1) is 12.7 Å². The number of piperazine rings is 1. The molecule has 1 saturated heterocycles. The highest BCUT2D eigenvalue weighted by atomic mass is 16.2. The van der Waals surface area contributed by atoms with Crippen LogP contribution in [0.15, 0.2) is 6.20 Å². The van der Waals surface area contributed by atoms with Crippen LogP contribution in [-0.2, 0) is 6.54 Å². The molecule has 0 atom stereocenters. The minimum atomic E-state index is 0.0220. The van der Waals surface area contributed by atoms with Crippen LogP contribution < -0.4 is 0 Å². The van der Waals surface area contributed by atoms with Crippen LogP contribution in [0.4, 0.5) is 0 Å². The van der Waals surface area contributed by atoms with Crippen LogP contribution in [0.3, 0.4) is 0 Å². The minimum Gasteiger partial charge on any atom is -0.335 e. The van der Waals surface area contributed by atoms with E-state index in [1.807, 2.05) is 15.8 Å². The molecule has 4 bridgehead atoms. The number of hydrogen-bond donors (Lipinski definition) is 0. The van der Waals surface area contributed by atoms with Crippen molar-refractivity contribution in [3.8, 4) is 0 Å². The first-order valence-corrected chi connectivity index (χ1v) is 11.1. The van der Waals surface area contributed by atoms with Crippen molar-refractivity contribution in [2.75, 3.05) is 46.8 Å². The van der Waals surface area contributed by atoms with Crippen LogP contribution in [0.25, 0.3) is 0 Å². The van der Waals surface area contributed by atoms with Crippen molar-refractivity contribution in [1.29, 1.82) is 0 Å². The molecule has 7 heteroatoms. The quantitative estimate of drug-likeness (QED) is 0.766. The number of hydrogen-bond acceptors (Lipinski definition) is 5. The Kier molecular flexibility index (Phi) is 4.91. The first-order valence-electron chi connectivity index (χ1n) is 11.1. The molecule has 1 aromatic rings. The van der Waals surface area contributed by atoms with Gasteiger partial charge < -0.3 is 14.7 Å². The van der Waals surface area contributed by atoms with Gasteiger partial charge in [0, 0.05) is 38.8 Å². The first kappa shape index (κ1) is 18.6. The summed E-state index contributed by atoms with van der Waals surface area (Å²) in [5.74, 6) is 3.88. The molecule has 28 heavy (non-hydrogen) atoms. The summed E-state index contributed by atoms with van der Waals surface area (Å²) in [6.07, 6.45) is 9.16. The van der Waals surface area contributed by atoms with Gasteiger partial charge in [-0.1, -0.05) is 5.21 Å². The lowest BCUT2D eigenvalue weighted by atomic mass is 9.54. The molecule has 1 aliphatic heterocycles. The van der Waals surface area contributed by atoms with Gasteiger partial charge in [-0.05, 0) is 69.9 Å². The van der Waals surface area contributed by atoms with Gasteiger partial charge in [0.1, 0.15) is 0 Å². The normalized spacial score (nSPS) is 35.1. The lowest BCUT2D eigenvalue weighted by molar-refractivity contribution is -0.0582. The zero-order chi connectivity index (χ0) is 19.3. The average molecular weight is 387 g/mol. The summed E-state index contributed by atoms with van der Waals surface area (Å²) in [4.78, 5) is 19.4. The van der Waals surface area contributed by atoms with E-state index in [1.165, 1.54) is 32.1 Å². The molecule has 7 nitrogen and oxygen atoms in total. The van der Waals surface area contributed by atoms with E-state index < -0.39 is 0 Å². The summed E-state index contributed by atoms with van der Waals surface area (Å²) < 4.78 is 1.86. The minimum absolute atomic E-state index is 0.0220. The van der Waals surface area contributed by atoms with E-state index in [9.17, 15) is 4.79 Å². The van der Waals surface area contributed by atoms with E-state index in [0.717, 1.165) is 69.0 Å². The third-order valence-corrected chi connectivity index (χ3v) is 7.92. The van der Waals surface area contributed by atoms with Crippen molar-refractivity contribution in [2.24, 2.45) is 23.7 Å². The molecule has 154 valence electrons. The van der Waals surface area contributed by atoms with E-state index >= 15 is 0 Å². The summed E-state index contributed by atoms with van der Waals surface area (Å²) in [5.41, 5.74) is 0.488. The molecular formula is C21H34N6O. The molecule has 0 spiro atoms. The molecule has 6 rings (SSSR count). The zero-order valence-electron chi connectivity index (χ0n) is 17.3. The van der Waals surface area contributed by atoms with E-state index in [2.05, 4.69) is 34.2 Å². The Hall–Kier alpha value is -1.47. The Morgan fingerprint density at radius 2 is 1.71 bits per heavy atom. The number of aromatic nitrogens is 3. The van der Waals surface area contributed by atoms with Gasteiger partial charge in [0.2, 0.25) is 0 Å². The highest BCUT2D eigenvalue weighted by Crippen LogP contribution is 2.54. The van der Waals surface area contributed by atoms with Crippen molar-refractivity contribution in [3.05, 3.63) is 11.9 Å². The zero-order valence-corrected chi connectivity index (χ0v) is 17.3. The fourth-order valence-corrected chi connectivity index (χ4v) is 6.70. The molecule has 0 aromatic carbocycles. The molecule has 0 N–H and O–H groups in total. The molecule has 1 aromatic heterocycles. The van der Waals surface area contributed by atoms with Crippen LogP contribution in [-0.4, -0.2) is 88.5 Å². The lowest BCUT2D eigenvalue weighted by Gasteiger charge is -2.56. The molecule has 4 aliphatic carbocycles. The van der Waals surface area contributed by atoms with Crippen LogP contribution in [0, 0.1) is 23.7 Å². The van der Waals surface area contributed by atoms with Crippen LogP contribution in [0.2, 0.25) is 0 Å². The third-order valence-electron chi connectivity index (χ3n) is 7.92. The lowest BCUT2D eigenvalue weighted by Crippen LogP contribution is -2.55. The summed E-state index contributed by atoms with van der Waals surface area (Å²) >= 11 is 0. The molecule has 5 aliphatic rings. The van der Waals surface area contributed by atoms with Gasteiger partial charge in [0.15, 0.2) is 5.69 Å². The largest absolute Gasteiger partial charge is 0.335 e. The van der Waals surface area contributed by atoms with Crippen molar-refractivity contribution < 1.29 is 4.79 Å². The molecule has 0 radical (unpaired) electrons. The van der Waals surface area contributed by atoms with Crippen LogP contribution in [0.5, 0.6) is 0 Å². The van der Waals surface area contributed by atoms with Crippen molar-refractivity contribution in [1.82, 2.24) is 29.7 Å². The van der Waals surface area contributed by atoms with Crippen LogP contribution >= 0.6 is 0 Å². The topological polar surface area (TPSA) is 57.5 Å². The maximum Gasteiger partial charge on any atom is 0.276 e. The summed E-state index contributed by atoms with van der Waals surface area (Å²) in [6, 6.07) is 0.753. The Labute approximate surface area is 168 Å². The highest BCUT2D eigenvalue weighted by Gasteiger charge is 2.49. The fraction of sp³-hybridized carbons (Fsp3) is 0.857. The fourth-order valence-electron chi connectivity index (χ4n) is 6.70. The molecule has 0 unspecified atom stereocenters. The van der Waals surface area contributed by atoms with Crippen molar-refractivity contribution >= 4 is 5.91 Å². The molecular weight excluding hydrogens is 352 g/mol. The predicted molar refractivity (Wildman–Crippen MR) is 107 cm³/mol. The second-order valence-corrected chi connectivity index (χ2v) is 9.86. The second-order valence-electron chi connectivity index (χ2n) is 9.86. The van der Waals surface area contributed by atoms with Crippen molar-refractivity contribution in [2.45, 2.75) is 44.7 Å². The Morgan fingerprint density at radius 1 is 1.07 bits per heavy atom. The van der Waals surface area contributed by atoms with Gasteiger partial charge in [-0.3, -0.25) is 9.48 Å². The Bertz CT molecular complexity index is 682. The molecule has 1 amide bonds. The highest BCUT2D eigenvalue weighted by molar-refractivity contribution is 5.92. The van der Waals surface area contributed by atoms with Crippen molar-refractivity contribution in [3.63, 3.8) is 0 Å². The smallest absolute Gasteiger partial charge is 0.276 e. The number of carbonyl (C=O) groups excluding carboxylic acids is 1. The van der Waals surface area contributed by atoms with E-state index in [-0.39, 0.29) is 5.91 Å². The van der Waals surface area contributed by atoms with Gasteiger partial charge in [0.25, 0.3) is 5.91 Å². The summed E-state index contributed by atoms with van der Waals surface area (Å²) in [6.45, 7) is 5.20. The molecule has 2 heterocycles. The second kappa shape index (κ2) is 7.41. The van der Waals surface area contributed by atoms with Gasteiger partial charge in [-0.25, -0.2) is 0 Å². The summed E-state index contributed by atoms with van der Waals surface area (Å²) in [5, 5.41) is 8.40. The molecule has 5 fully saturated rings. The maximum atomic E-state index is 12.7. The van der Waals surface area contributed by atoms with Gasteiger partial charge >= 0.3 is 0 Å². The van der Waals surface area contributed by atoms with E-state index in [1.54, 1.807) is 0 Å². The van der Waals surface area contributed by atoms with E-state index in [0.29, 0.717) is 5.69 Å².